The van der Waals surface area contributed by atoms with E-state index in [2.05, 4.69) is 17.3 Å². The molecule has 1 aliphatic rings. The van der Waals surface area contributed by atoms with Crippen LogP contribution in [0.15, 0.2) is 30.3 Å². The normalized spacial score (nSPS) is 21.3. The Hall–Kier alpha value is -0.980. The second-order valence-corrected chi connectivity index (χ2v) is 5.57. The molecule has 1 fully saturated rings. The molecule has 1 aromatic carbocycles. The zero-order valence-electron chi connectivity index (χ0n) is 12.7. The van der Waals surface area contributed by atoms with Gasteiger partial charge in [0.15, 0.2) is 0 Å². The highest BCUT2D eigenvalue weighted by Gasteiger charge is 2.17. The van der Waals surface area contributed by atoms with Crippen molar-refractivity contribution in [3.63, 3.8) is 0 Å². The molecule has 118 valence electrons. The fourth-order valence-corrected chi connectivity index (χ4v) is 2.35. The molecule has 1 heterocycles. The Labute approximate surface area is 126 Å². The highest BCUT2D eigenvalue weighted by Crippen LogP contribution is 2.02. The number of nitrogens with zero attached hydrogens (tertiary/aromatic N) is 1. The molecule has 0 amide bonds. The van der Waals surface area contributed by atoms with E-state index in [9.17, 15) is 5.11 Å². The number of aliphatic hydroxyl groups excluding tert-OH is 1. The lowest BCUT2D eigenvalue weighted by Crippen LogP contribution is -2.46. The molecule has 21 heavy (non-hydrogen) atoms. The maximum Gasteiger partial charge on any atom is 0.0897 e. The first-order valence-electron chi connectivity index (χ1n) is 7.54. The Morgan fingerprint density at radius 3 is 3.00 bits per heavy atom. The number of hydrogen-bond acceptors (Lipinski definition) is 5. The standard InChI is InChI=1S/C16H26N2O3/c1-18-7-8-21-16(11-18)10-17-9-15(19)13-20-12-14-5-3-2-4-6-14/h2-6,15-17,19H,7-13H2,1H3. The van der Waals surface area contributed by atoms with Crippen molar-refractivity contribution in [1.29, 1.82) is 0 Å². The predicted octanol–water partition coefficient (Wildman–Crippen LogP) is 0.484. The lowest BCUT2D eigenvalue weighted by molar-refractivity contribution is -0.0212. The third-order valence-corrected chi connectivity index (χ3v) is 3.52. The van der Waals surface area contributed by atoms with Crippen LogP contribution in [-0.4, -0.2) is 68.7 Å². The Kier molecular flexibility index (Phi) is 7.12. The molecule has 0 bridgehead atoms. The molecule has 1 saturated heterocycles. The fraction of sp³-hybridized carbons (Fsp3) is 0.625. The Bertz CT molecular complexity index is 388. The van der Waals surface area contributed by atoms with Gasteiger partial charge in [0.25, 0.3) is 0 Å². The number of rotatable bonds is 8. The molecule has 2 rings (SSSR count). The summed E-state index contributed by atoms with van der Waals surface area (Å²) < 4.78 is 11.2. The van der Waals surface area contributed by atoms with Gasteiger partial charge >= 0.3 is 0 Å². The van der Waals surface area contributed by atoms with Gasteiger partial charge in [0.1, 0.15) is 0 Å². The number of nitrogens with one attached hydrogen (secondary N) is 1. The van der Waals surface area contributed by atoms with E-state index >= 15 is 0 Å². The van der Waals surface area contributed by atoms with Crippen LogP contribution in [0, 0.1) is 0 Å². The van der Waals surface area contributed by atoms with Gasteiger partial charge in [0.05, 0.1) is 32.0 Å². The summed E-state index contributed by atoms with van der Waals surface area (Å²) in [5.74, 6) is 0. The van der Waals surface area contributed by atoms with Crippen molar-refractivity contribution < 1.29 is 14.6 Å². The molecule has 0 spiro atoms. The van der Waals surface area contributed by atoms with E-state index in [0.717, 1.165) is 31.8 Å². The van der Waals surface area contributed by atoms with Gasteiger partial charge in [-0.15, -0.1) is 0 Å². The van der Waals surface area contributed by atoms with Crippen LogP contribution in [-0.2, 0) is 16.1 Å². The highest BCUT2D eigenvalue weighted by molar-refractivity contribution is 5.13. The minimum atomic E-state index is -0.491. The van der Waals surface area contributed by atoms with E-state index in [1.807, 2.05) is 30.3 Å². The maximum atomic E-state index is 9.87. The minimum Gasteiger partial charge on any atom is -0.389 e. The van der Waals surface area contributed by atoms with E-state index in [1.54, 1.807) is 0 Å². The zero-order chi connectivity index (χ0) is 14.9. The summed E-state index contributed by atoms with van der Waals surface area (Å²) in [6.45, 7) is 4.88. The van der Waals surface area contributed by atoms with Gasteiger partial charge in [-0.2, -0.15) is 0 Å². The third kappa shape index (κ3) is 6.54. The van der Waals surface area contributed by atoms with Gasteiger partial charge < -0.3 is 24.8 Å². The van der Waals surface area contributed by atoms with E-state index in [0.29, 0.717) is 19.8 Å². The molecular weight excluding hydrogens is 268 g/mol. The molecule has 0 aromatic heterocycles. The average molecular weight is 294 g/mol. The molecule has 2 N–H and O–H groups in total. The topological polar surface area (TPSA) is 54.0 Å². The van der Waals surface area contributed by atoms with Crippen molar-refractivity contribution in [3.05, 3.63) is 35.9 Å². The van der Waals surface area contributed by atoms with Crippen LogP contribution in [0.3, 0.4) is 0 Å². The molecule has 2 atom stereocenters. The zero-order valence-corrected chi connectivity index (χ0v) is 12.7. The number of hydrogen-bond donors (Lipinski definition) is 2. The molecule has 1 aromatic rings. The molecule has 0 radical (unpaired) electrons. The van der Waals surface area contributed by atoms with Crippen LogP contribution in [0.4, 0.5) is 0 Å². The van der Waals surface area contributed by atoms with Crippen molar-refractivity contribution in [2.24, 2.45) is 0 Å². The highest BCUT2D eigenvalue weighted by atomic mass is 16.5. The summed E-state index contributed by atoms with van der Waals surface area (Å²) in [6, 6.07) is 9.98. The summed E-state index contributed by atoms with van der Waals surface area (Å²) in [5.41, 5.74) is 1.12. The van der Waals surface area contributed by atoms with Crippen LogP contribution in [0.1, 0.15) is 5.56 Å². The van der Waals surface area contributed by atoms with Crippen LogP contribution in [0.25, 0.3) is 0 Å². The summed E-state index contributed by atoms with van der Waals surface area (Å²) in [6.07, 6.45) is -0.281. The maximum absolute atomic E-state index is 9.87. The number of aliphatic hydroxyl groups is 1. The van der Waals surface area contributed by atoms with E-state index in [-0.39, 0.29) is 6.10 Å². The predicted molar refractivity (Wildman–Crippen MR) is 82.2 cm³/mol. The van der Waals surface area contributed by atoms with Crippen molar-refractivity contribution in [3.8, 4) is 0 Å². The Balaban J connectivity index is 1.52. The number of benzene rings is 1. The first kappa shape index (κ1) is 16.4. The minimum absolute atomic E-state index is 0.209. The Morgan fingerprint density at radius 1 is 1.43 bits per heavy atom. The largest absolute Gasteiger partial charge is 0.389 e. The molecule has 5 nitrogen and oxygen atoms in total. The first-order valence-corrected chi connectivity index (χ1v) is 7.54. The lowest BCUT2D eigenvalue weighted by atomic mass is 10.2. The molecular formula is C16H26N2O3. The summed E-state index contributed by atoms with van der Waals surface area (Å²) in [7, 11) is 2.10. The van der Waals surface area contributed by atoms with E-state index < -0.39 is 6.10 Å². The van der Waals surface area contributed by atoms with Crippen molar-refractivity contribution >= 4 is 0 Å². The van der Waals surface area contributed by atoms with Crippen molar-refractivity contribution in [1.82, 2.24) is 10.2 Å². The van der Waals surface area contributed by atoms with E-state index in [4.69, 9.17) is 9.47 Å². The van der Waals surface area contributed by atoms with Crippen LogP contribution in [0.2, 0.25) is 0 Å². The van der Waals surface area contributed by atoms with E-state index in [1.165, 1.54) is 0 Å². The monoisotopic (exact) mass is 294 g/mol. The number of ether oxygens (including phenoxy) is 2. The quantitative estimate of drug-likeness (QED) is 0.730. The summed E-state index contributed by atoms with van der Waals surface area (Å²) in [4.78, 5) is 2.26. The molecule has 1 aliphatic heterocycles. The average Bonchev–Trinajstić information content (AvgIpc) is 2.48. The fourth-order valence-electron chi connectivity index (χ4n) is 2.35. The van der Waals surface area contributed by atoms with Gasteiger partial charge in [-0.05, 0) is 12.6 Å². The number of morpholine rings is 1. The SMILES string of the molecule is CN1CCOC(CNCC(O)COCc2ccccc2)C1. The molecule has 2 unspecified atom stereocenters. The molecule has 5 heteroatoms. The smallest absolute Gasteiger partial charge is 0.0897 e. The second kappa shape index (κ2) is 9.12. The van der Waals surface area contributed by atoms with Gasteiger partial charge in [0.2, 0.25) is 0 Å². The second-order valence-electron chi connectivity index (χ2n) is 5.57. The van der Waals surface area contributed by atoms with Crippen LogP contribution < -0.4 is 5.32 Å². The van der Waals surface area contributed by atoms with Gasteiger partial charge in [-0.3, -0.25) is 0 Å². The van der Waals surface area contributed by atoms with Gasteiger partial charge in [0, 0.05) is 26.2 Å². The molecule has 0 saturated carbocycles. The lowest BCUT2D eigenvalue weighted by Gasteiger charge is -2.30. The molecule has 0 aliphatic carbocycles. The van der Waals surface area contributed by atoms with Gasteiger partial charge in [-0.25, -0.2) is 0 Å². The first-order chi connectivity index (χ1) is 10.2. The third-order valence-electron chi connectivity index (χ3n) is 3.52. The van der Waals surface area contributed by atoms with Gasteiger partial charge in [-0.1, -0.05) is 30.3 Å². The van der Waals surface area contributed by atoms with Crippen molar-refractivity contribution in [2.45, 2.75) is 18.8 Å². The summed E-state index contributed by atoms with van der Waals surface area (Å²) >= 11 is 0. The van der Waals surface area contributed by atoms with Crippen molar-refractivity contribution in [2.75, 3.05) is 46.4 Å². The Morgan fingerprint density at radius 2 is 2.24 bits per heavy atom. The number of likely N-dealkylation sites (N-methyl/N-ethyl adjacent to an activating group) is 1. The van der Waals surface area contributed by atoms with Crippen LogP contribution >= 0.6 is 0 Å². The summed E-state index contributed by atoms with van der Waals surface area (Å²) in [5, 5.41) is 13.1. The van der Waals surface area contributed by atoms with Crippen LogP contribution in [0.5, 0.6) is 0 Å².